The number of hydrogen-bond donors (Lipinski definition) is 1. The van der Waals surface area contributed by atoms with Crippen molar-refractivity contribution in [2.45, 2.75) is 40.5 Å². The molecule has 0 radical (unpaired) electrons. The lowest BCUT2D eigenvalue weighted by Crippen LogP contribution is -2.41. The second kappa shape index (κ2) is 8.61. The number of imide groups is 1. The monoisotopic (exact) mass is 354 g/mol. The van der Waals surface area contributed by atoms with Crippen LogP contribution in [0.15, 0.2) is 30.3 Å². The van der Waals surface area contributed by atoms with Crippen molar-refractivity contribution in [3.63, 3.8) is 0 Å². The van der Waals surface area contributed by atoms with E-state index in [9.17, 15) is 14.4 Å². The lowest BCUT2D eigenvalue weighted by molar-refractivity contribution is 0.0616. The fraction of sp³-hybridized carbons (Fsp3) is 0.381. The zero-order valence-electron chi connectivity index (χ0n) is 15.9. The molecule has 5 heteroatoms. The van der Waals surface area contributed by atoms with Crippen molar-refractivity contribution in [3.8, 4) is 0 Å². The Morgan fingerprint density at radius 2 is 1.77 bits per heavy atom. The lowest BCUT2D eigenvalue weighted by Gasteiger charge is -2.27. The minimum Gasteiger partial charge on any atom is -0.352 e. The number of hydrogen-bond acceptors (Lipinski definition) is 3. The average molecular weight is 354 g/mol. The highest BCUT2D eigenvalue weighted by atomic mass is 16.2. The molecule has 0 saturated carbocycles. The van der Waals surface area contributed by atoms with Crippen LogP contribution in [-0.2, 0) is 0 Å². The van der Waals surface area contributed by atoms with Crippen LogP contribution in [0.2, 0.25) is 0 Å². The highest BCUT2D eigenvalue weighted by molar-refractivity contribution is 6.28. The van der Waals surface area contributed by atoms with E-state index in [1.807, 2.05) is 26.8 Å². The highest BCUT2D eigenvalue weighted by Gasteiger charge is 2.34. The molecule has 2 aromatic rings. The van der Waals surface area contributed by atoms with Gasteiger partial charge < -0.3 is 5.32 Å². The van der Waals surface area contributed by atoms with Crippen LogP contribution in [0.5, 0.6) is 0 Å². The molecule has 1 heterocycles. The van der Waals surface area contributed by atoms with E-state index in [2.05, 4.69) is 5.32 Å². The number of nitrogens with one attached hydrogen (secondary N) is 1. The van der Waals surface area contributed by atoms with Crippen LogP contribution in [0.25, 0.3) is 10.8 Å². The minimum absolute atomic E-state index is 0.270. The Hall–Kier alpha value is -2.69. The highest BCUT2D eigenvalue weighted by Crippen LogP contribution is 2.32. The molecule has 1 aliphatic rings. The second-order valence-electron chi connectivity index (χ2n) is 5.86. The van der Waals surface area contributed by atoms with E-state index < -0.39 is 5.91 Å². The fourth-order valence-corrected chi connectivity index (χ4v) is 3.10. The van der Waals surface area contributed by atoms with Crippen molar-refractivity contribution in [1.29, 1.82) is 0 Å². The topological polar surface area (TPSA) is 66.5 Å². The third-order valence-electron chi connectivity index (χ3n) is 4.36. The predicted octanol–water partition coefficient (Wildman–Crippen LogP) is 4.01. The van der Waals surface area contributed by atoms with Crippen LogP contribution in [0.3, 0.4) is 0 Å². The van der Waals surface area contributed by atoms with E-state index in [0.717, 1.165) is 18.2 Å². The summed E-state index contributed by atoms with van der Waals surface area (Å²) >= 11 is 0. The average Bonchev–Trinajstić information content (AvgIpc) is 2.67. The largest absolute Gasteiger partial charge is 0.352 e. The summed E-state index contributed by atoms with van der Waals surface area (Å²) in [4.78, 5) is 39.1. The quantitative estimate of drug-likeness (QED) is 0.651. The molecule has 1 N–H and O–H groups in total. The van der Waals surface area contributed by atoms with E-state index in [1.54, 1.807) is 31.2 Å². The van der Waals surface area contributed by atoms with Gasteiger partial charge in [0.2, 0.25) is 0 Å². The van der Waals surface area contributed by atoms with Crippen molar-refractivity contribution >= 4 is 28.5 Å². The molecule has 0 aliphatic carbocycles. The van der Waals surface area contributed by atoms with E-state index in [0.29, 0.717) is 28.6 Å². The van der Waals surface area contributed by atoms with Gasteiger partial charge in [-0.2, -0.15) is 0 Å². The summed E-state index contributed by atoms with van der Waals surface area (Å²) in [6, 6.07) is 8.82. The Balaban J connectivity index is 0.00000117. The van der Waals surface area contributed by atoms with E-state index in [4.69, 9.17) is 0 Å². The van der Waals surface area contributed by atoms with Gasteiger partial charge in [0.1, 0.15) is 0 Å². The van der Waals surface area contributed by atoms with Gasteiger partial charge in [0.05, 0.1) is 11.1 Å². The Labute approximate surface area is 154 Å². The summed E-state index contributed by atoms with van der Waals surface area (Å²) in [5, 5.41) is 4.23. The summed E-state index contributed by atoms with van der Waals surface area (Å²) in [7, 11) is 0. The maximum atomic E-state index is 12.8. The van der Waals surface area contributed by atoms with Gasteiger partial charge in [-0.1, -0.05) is 45.4 Å². The van der Waals surface area contributed by atoms with Crippen molar-refractivity contribution in [3.05, 3.63) is 47.0 Å². The molecule has 0 atom stereocenters. The first-order valence-corrected chi connectivity index (χ1v) is 9.30. The van der Waals surface area contributed by atoms with Crippen molar-refractivity contribution in [1.82, 2.24) is 10.2 Å². The third kappa shape index (κ3) is 3.34. The van der Waals surface area contributed by atoms with Gasteiger partial charge in [0, 0.05) is 24.0 Å². The van der Waals surface area contributed by atoms with E-state index in [1.165, 1.54) is 4.90 Å². The molecule has 5 nitrogen and oxygen atoms in total. The molecule has 0 aromatic heterocycles. The number of benzene rings is 2. The minimum atomic E-state index is -0.396. The standard InChI is InChI=1S/C19H20N2O3.C2H6/c1-3-5-11-20-17(22)13-10-9-12-7-6-8-14-15(12)16(13)19(24)21(4-2)18(14)23;1-2/h6-10H,3-5,11H2,1-2H3,(H,20,22);1-2H3. The third-order valence-corrected chi connectivity index (χ3v) is 4.36. The summed E-state index contributed by atoms with van der Waals surface area (Å²) < 4.78 is 0. The van der Waals surface area contributed by atoms with Gasteiger partial charge in [0.25, 0.3) is 17.7 Å². The van der Waals surface area contributed by atoms with Gasteiger partial charge in [-0.25, -0.2) is 0 Å². The molecule has 138 valence electrons. The van der Waals surface area contributed by atoms with Crippen molar-refractivity contribution in [2.75, 3.05) is 13.1 Å². The zero-order chi connectivity index (χ0) is 19.3. The Kier molecular flexibility index (Phi) is 6.50. The van der Waals surface area contributed by atoms with Crippen LogP contribution in [-0.4, -0.2) is 35.7 Å². The number of unbranched alkanes of at least 4 members (excludes halogenated alkanes) is 1. The van der Waals surface area contributed by atoms with Crippen molar-refractivity contribution < 1.29 is 14.4 Å². The molecular formula is C21H26N2O3. The zero-order valence-corrected chi connectivity index (χ0v) is 15.9. The van der Waals surface area contributed by atoms with Crippen LogP contribution in [0, 0.1) is 0 Å². The molecule has 26 heavy (non-hydrogen) atoms. The molecule has 0 spiro atoms. The summed E-state index contributed by atoms with van der Waals surface area (Å²) in [6.45, 7) is 8.65. The maximum absolute atomic E-state index is 12.8. The van der Waals surface area contributed by atoms with Gasteiger partial charge in [0.15, 0.2) is 0 Å². The molecule has 3 rings (SSSR count). The first kappa shape index (κ1) is 19.6. The number of carbonyl (C=O) groups is 3. The van der Waals surface area contributed by atoms with Gasteiger partial charge in [-0.15, -0.1) is 0 Å². The first-order valence-electron chi connectivity index (χ1n) is 9.30. The second-order valence-corrected chi connectivity index (χ2v) is 5.86. The first-order chi connectivity index (χ1) is 12.6. The SMILES string of the molecule is CC.CCCCNC(=O)c1ccc2cccc3c2c1C(=O)N(CC)C3=O. The molecule has 2 aromatic carbocycles. The molecule has 0 fully saturated rings. The number of nitrogens with zero attached hydrogens (tertiary/aromatic N) is 1. The Morgan fingerprint density at radius 3 is 2.42 bits per heavy atom. The summed E-state index contributed by atoms with van der Waals surface area (Å²) in [6.07, 6.45) is 1.86. The van der Waals surface area contributed by atoms with Gasteiger partial charge in [-0.05, 0) is 30.9 Å². The molecule has 3 amide bonds. The van der Waals surface area contributed by atoms with Crippen LogP contribution < -0.4 is 5.32 Å². The van der Waals surface area contributed by atoms with Crippen molar-refractivity contribution in [2.24, 2.45) is 0 Å². The smallest absolute Gasteiger partial charge is 0.262 e. The fourth-order valence-electron chi connectivity index (χ4n) is 3.10. The number of carbonyl (C=O) groups excluding carboxylic acids is 3. The Morgan fingerprint density at radius 1 is 1.04 bits per heavy atom. The number of amides is 3. The lowest BCUT2D eigenvalue weighted by atomic mass is 9.90. The van der Waals surface area contributed by atoms with Crippen LogP contribution in [0.4, 0.5) is 0 Å². The molecule has 1 aliphatic heterocycles. The Bertz CT molecular complexity index is 843. The normalized spacial score (nSPS) is 12.7. The number of rotatable bonds is 5. The predicted molar refractivity (Wildman–Crippen MR) is 104 cm³/mol. The van der Waals surface area contributed by atoms with Crippen LogP contribution >= 0.6 is 0 Å². The summed E-state index contributed by atoms with van der Waals surface area (Å²) in [5.41, 5.74) is 1.15. The molecular weight excluding hydrogens is 328 g/mol. The maximum Gasteiger partial charge on any atom is 0.262 e. The molecule has 0 saturated heterocycles. The van der Waals surface area contributed by atoms with E-state index in [-0.39, 0.29) is 18.4 Å². The molecule has 0 unspecified atom stereocenters. The van der Waals surface area contributed by atoms with Gasteiger partial charge >= 0.3 is 0 Å². The summed E-state index contributed by atoms with van der Waals surface area (Å²) in [5.74, 6) is -0.967. The van der Waals surface area contributed by atoms with E-state index >= 15 is 0 Å². The van der Waals surface area contributed by atoms with Crippen LogP contribution in [0.1, 0.15) is 71.6 Å². The molecule has 0 bridgehead atoms. The van der Waals surface area contributed by atoms with Gasteiger partial charge in [-0.3, -0.25) is 19.3 Å².